The van der Waals surface area contributed by atoms with Crippen LogP contribution < -0.4 is 0 Å². The molecule has 0 radical (unpaired) electrons. The Balaban J connectivity index is 1.97. The molecule has 1 aromatic rings. The van der Waals surface area contributed by atoms with Crippen molar-refractivity contribution in [3.05, 3.63) is 63.1 Å². The molecule has 5 heteroatoms. The summed E-state index contributed by atoms with van der Waals surface area (Å²) in [6.45, 7) is 1.68. The zero-order valence-corrected chi connectivity index (χ0v) is 12.3. The van der Waals surface area contributed by atoms with Crippen LogP contribution >= 0.6 is 0 Å². The minimum atomic E-state index is -0.565. The second-order valence-electron chi connectivity index (χ2n) is 5.90. The lowest BCUT2D eigenvalue weighted by molar-refractivity contribution is -0.484. The third-order valence-electron chi connectivity index (χ3n) is 4.04. The smallest absolute Gasteiger partial charge is 0.218 e. The number of rotatable bonds is 3. The number of Topliss-reactive ketones (excluding diaryl/α,β-unsaturated/α-hetero) is 1. The highest BCUT2D eigenvalue weighted by atomic mass is 16.6. The Morgan fingerprint density at radius 2 is 2.05 bits per heavy atom. The number of nitrogens with zero attached hydrogens (tertiary/aromatic N) is 1. The van der Waals surface area contributed by atoms with Crippen molar-refractivity contribution in [2.45, 2.75) is 19.8 Å². The second-order valence-corrected chi connectivity index (χ2v) is 5.90. The van der Waals surface area contributed by atoms with Crippen LogP contribution in [-0.4, -0.2) is 17.3 Å². The number of hydrogen-bond donors (Lipinski definition) is 0. The lowest BCUT2D eigenvalue weighted by atomic mass is 9.83. The van der Waals surface area contributed by atoms with Crippen molar-refractivity contribution in [2.24, 2.45) is 11.8 Å². The Labute approximate surface area is 128 Å². The van der Waals surface area contributed by atoms with Crippen LogP contribution in [0.3, 0.4) is 0 Å². The van der Waals surface area contributed by atoms with Gasteiger partial charge in [0.2, 0.25) is 6.54 Å². The highest BCUT2D eigenvalue weighted by molar-refractivity contribution is 5.98. The maximum atomic E-state index is 12.3. The Bertz CT molecular complexity index is 675. The molecule has 0 amide bonds. The Kier molecular flexibility index (Phi) is 3.79. The number of carbonyl (C=O) groups excluding carboxylic acids is 1. The van der Waals surface area contributed by atoms with Gasteiger partial charge >= 0.3 is 0 Å². The van der Waals surface area contributed by atoms with E-state index in [1.807, 2.05) is 37.3 Å². The monoisotopic (exact) mass is 299 g/mol. The van der Waals surface area contributed by atoms with Crippen LogP contribution in [-0.2, 0) is 9.53 Å². The molecule has 0 spiro atoms. The molecular weight excluding hydrogens is 282 g/mol. The van der Waals surface area contributed by atoms with Crippen LogP contribution in [0.4, 0.5) is 0 Å². The van der Waals surface area contributed by atoms with Gasteiger partial charge in [-0.25, -0.2) is 0 Å². The number of hydrogen-bond acceptors (Lipinski definition) is 4. The third-order valence-corrected chi connectivity index (χ3v) is 4.04. The Morgan fingerprint density at radius 1 is 1.32 bits per heavy atom. The number of ether oxygens (including phenoxy) is 1. The SMILES string of the molecule is CC1CC(=O)C2=C(C1)O/C(=C\c1ccccc1)[C@H]2C[N+](=O)[O-]. The zero-order chi connectivity index (χ0) is 15.7. The average molecular weight is 299 g/mol. The van der Waals surface area contributed by atoms with Gasteiger partial charge in [-0.2, -0.15) is 0 Å². The largest absolute Gasteiger partial charge is 0.465 e. The van der Waals surface area contributed by atoms with Crippen molar-refractivity contribution in [1.82, 2.24) is 0 Å². The van der Waals surface area contributed by atoms with E-state index in [2.05, 4.69) is 0 Å². The van der Waals surface area contributed by atoms with E-state index in [0.29, 0.717) is 29.9 Å². The summed E-state index contributed by atoms with van der Waals surface area (Å²) in [4.78, 5) is 22.9. The fraction of sp³-hybridized carbons (Fsp3) is 0.353. The van der Waals surface area contributed by atoms with Gasteiger partial charge in [-0.15, -0.1) is 0 Å². The first-order valence-corrected chi connectivity index (χ1v) is 7.37. The van der Waals surface area contributed by atoms with Crippen LogP contribution in [0.1, 0.15) is 25.3 Å². The summed E-state index contributed by atoms with van der Waals surface area (Å²) in [6.07, 6.45) is 2.90. The van der Waals surface area contributed by atoms with Crippen molar-refractivity contribution < 1.29 is 14.5 Å². The van der Waals surface area contributed by atoms with Crippen LogP contribution in [0.25, 0.3) is 6.08 Å². The summed E-state index contributed by atoms with van der Waals surface area (Å²) >= 11 is 0. The molecule has 2 atom stereocenters. The molecule has 1 aromatic carbocycles. The highest BCUT2D eigenvalue weighted by Gasteiger charge is 2.42. The minimum absolute atomic E-state index is 0.0166. The van der Waals surface area contributed by atoms with Gasteiger partial charge < -0.3 is 4.74 Å². The maximum Gasteiger partial charge on any atom is 0.218 e. The van der Waals surface area contributed by atoms with Gasteiger partial charge in [0.1, 0.15) is 17.4 Å². The van der Waals surface area contributed by atoms with Gasteiger partial charge in [-0.3, -0.25) is 14.9 Å². The van der Waals surface area contributed by atoms with Crippen molar-refractivity contribution in [3.63, 3.8) is 0 Å². The predicted octanol–water partition coefficient (Wildman–Crippen LogP) is 3.20. The third kappa shape index (κ3) is 2.79. The fourth-order valence-electron chi connectivity index (χ4n) is 3.10. The first-order chi connectivity index (χ1) is 10.5. The van der Waals surface area contributed by atoms with Crippen LogP contribution in [0, 0.1) is 22.0 Å². The van der Waals surface area contributed by atoms with Crippen LogP contribution in [0.5, 0.6) is 0 Å². The van der Waals surface area contributed by atoms with E-state index in [4.69, 9.17) is 4.74 Å². The summed E-state index contributed by atoms with van der Waals surface area (Å²) in [5, 5.41) is 11.0. The lowest BCUT2D eigenvalue weighted by Crippen LogP contribution is -2.23. The van der Waals surface area contributed by atoms with E-state index in [1.165, 1.54) is 0 Å². The molecule has 3 rings (SSSR count). The molecule has 0 fully saturated rings. The summed E-state index contributed by atoms with van der Waals surface area (Å²) in [7, 11) is 0. The van der Waals surface area contributed by atoms with Crippen molar-refractivity contribution in [3.8, 4) is 0 Å². The molecule has 1 unspecified atom stereocenters. The molecule has 5 nitrogen and oxygen atoms in total. The van der Waals surface area contributed by atoms with Gasteiger partial charge in [0, 0.05) is 17.8 Å². The van der Waals surface area contributed by atoms with Crippen LogP contribution in [0.15, 0.2) is 47.4 Å². The summed E-state index contributed by atoms with van der Waals surface area (Å²) in [5.74, 6) is 0.772. The first kappa shape index (κ1) is 14.5. The fourth-order valence-corrected chi connectivity index (χ4v) is 3.10. The van der Waals surface area contributed by atoms with Gasteiger partial charge in [0.05, 0.1) is 5.57 Å². The van der Waals surface area contributed by atoms with Crippen molar-refractivity contribution >= 4 is 11.9 Å². The number of benzene rings is 1. The van der Waals surface area contributed by atoms with E-state index >= 15 is 0 Å². The molecule has 2 aliphatic rings. The molecule has 114 valence electrons. The first-order valence-electron chi connectivity index (χ1n) is 7.37. The van der Waals surface area contributed by atoms with E-state index in [-0.39, 0.29) is 23.2 Å². The van der Waals surface area contributed by atoms with E-state index in [9.17, 15) is 14.9 Å². The summed E-state index contributed by atoms with van der Waals surface area (Å²) < 4.78 is 5.84. The van der Waals surface area contributed by atoms with Crippen LogP contribution in [0.2, 0.25) is 0 Å². The molecule has 1 aliphatic heterocycles. The predicted molar refractivity (Wildman–Crippen MR) is 81.3 cm³/mol. The normalized spacial score (nSPS) is 26.0. The Morgan fingerprint density at radius 3 is 2.73 bits per heavy atom. The standard InChI is InChI=1S/C17H17NO4/c1-11-7-14(19)17-13(10-18(20)21)15(22-16(17)8-11)9-12-5-3-2-4-6-12/h2-6,9,11,13H,7-8,10H2,1H3/b15-9-/t11?,13-/m1/s1. The minimum Gasteiger partial charge on any atom is -0.465 e. The topological polar surface area (TPSA) is 69.4 Å². The molecule has 0 aromatic heterocycles. The highest BCUT2D eigenvalue weighted by Crippen LogP contribution is 2.42. The van der Waals surface area contributed by atoms with Gasteiger partial charge in [-0.05, 0) is 17.6 Å². The summed E-state index contributed by atoms with van der Waals surface area (Å²) in [6, 6.07) is 9.50. The number of ketones is 1. The molecule has 1 heterocycles. The number of allylic oxidation sites excluding steroid dienone is 1. The molecule has 22 heavy (non-hydrogen) atoms. The van der Waals surface area contributed by atoms with Gasteiger partial charge in [-0.1, -0.05) is 37.3 Å². The molecule has 1 aliphatic carbocycles. The van der Waals surface area contributed by atoms with Crippen molar-refractivity contribution in [2.75, 3.05) is 6.54 Å². The number of carbonyl (C=O) groups is 1. The quantitative estimate of drug-likeness (QED) is 0.635. The Hall–Kier alpha value is -2.43. The molecular formula is C17H17NO4. The number of nitro groups is 1. The van der Waals surface area contributed by atoms with Gasteiger partial charge in [0.25, 0.3) is 0 Å². The zero-order valence-electron chi connectivity index (χ0n) is 12.3. The van der Waals surface area contributed by atoms with Gasteiger partial charge in [0.15, 0.2) is 5.78 Å². The van der Waals surface area contributed by atoms with E-state index in [1.54, 1.807) is 6.08 Å². The summed E-state index contributed by atoms with van der Waals surface area (Å²) in [5.41, 5.74) is 1.42. The molecule has 0 N–H and O–H groups in total. The lowest BCUT2D eigenvalue weighted by Gasteiger charge is -2.18. The second kappa shape index (κ2) is 5.75. The van der Waals surface area contributed by atoms with E-state index in [0.717, 1.165) is 5.56 Å². The van der Waals surface area contributed by atoms with Crippen molar-refractivity contribution in [1.29, 1.82) is 0 Å². The average Bonchev–Trinajstić information content (AvgIpc) is 2.77. The maximum absolute atomic E-state index is 12.3. The molecule has 0 saturated carbocycles. The molecule has 0 saturated heterocycles. The molecule has 0 bridgehead atoms. The van der Waals surface area contributed by atoms with E-state index < -0.39 is 5.92 Å².